The van der Waals surface area contributed by atoms with Gasteiger partial charge in [-0.3, -0.25) is 15.1 Å². The van der Waals surface area contributed by atoms with Crippen LogP contribution in [-0.2, 0) is 10.0 Å². The van der Waals surface area contributed by atoms with Gasteiger partial charge in [0.1, 0.15) is 16.4 Å². The van der Waals surface area contributed by atoms with E-state index in [2.05, 4.69) is 25.3 Å². The number of carbonyl (C=O) groups is 1. The molecule has 4 aromatic heterocycles. The van der Waals surface area contributed by atoms with Crippen molar-refractivity contribution in [3.8, 4) is 16.9 Å². The molecule has 34 heavy (non-hydrogen) atoms. The molecule has 0 saturated carbocycles. The lowest BCUT2D eigenvalue weighted by Gasteiger charge is -2.13. The number of aryl methyl sites for hydroxylation is 1. The summed E-state index contributed by atoms with van der Waals surface area (Å²) in [7, 11) is 0.661. The molecular formula is C21H19ClN6O4S2. The monoisotopic (exact) mass is 518 g/mol. The molecule has 0 fully saturated rings. The first-order chi connectivity index (χ1) is 16.1. The highest BCUT2D eigenvalue weighted by atomic mass is 35.5. The molecule has 4 rings (SSSR count). The number of anilines is 1. The lowest BCUT2D eigenvalue weighted by atomic mass is 10.0. The molecule has 13 heteroatoms. The highest BCUT2D eigenvalue weighted by Crippen LogP contribution is 2.34. The number of nitrogens with zero attached hydrogens (tertiary/aromatic N) is 5. The number of halogens is 1. The summed E-state index contributed by atoms with van der Waals surface area (Å²) in [5, 5.41) is 3.20. The maximum Gasteiger partial charge on any atom is 0.260 e. The molecule has 0 aliphatic carbocycles. The van der Waals surface area contributed by atoms with Crippen molar-refractivity contribution in [2.45, 2.75) is 11.9 Å². The minimum absolute atomic E-state index is 0.0989. The fourth-order valence-corrected chi connectivity index (χ4v) is 5.04. The summed E-state index contributed by atoms with van der Waals surface area (Å²) in [6, 6.07) is 4.80. The van der Waals surface area contributed by atoms with Crippen molar-refractivity contribution in [3.63, 3.8) is 0 Å². The van der Waals surface area contributed by atoms with Gasteiger partial charge in [-0.05, 0) is 25.1 Å². The van der Waals surface area contributed by atoms with Crippen LogP contribution in [0, 0.1) is 6.92 Å². The zero-order valence-corrected chi connectivity index (χ0v) is 20.9. The van der Waals surface area contributed by atoms with Gasteiger partial charge >= 0.3 is 0 Å². The van der Waals surface area contributed by atoms with Gasteiger partial charge in [0, 0.05) is 37.1 Å². The van der Waals surface area contributed by atoms with Crippen LogP contribution >= 0.6 is 22.9 Å². The second kappa shape index (κ2) is 9.22. The van der Waals surface area contributed by atoms with Crippen LogP contribution in [0.2, 0.25) is 5.15 Å². The molecule has 176 valence electrons. The van der Waals surface area contributed by atoms with E-state index in [1.54, 1.807) is 19.1 Å². The first kappa shape index (κ1) is 24.0. The quantitative estimate of drug-likeness (QED) is 0.383. The molecule has 0 atom stereocenters. The molecule has 4 heterocycles. The summed E-state index contributed by atoms with van der Waals surface area (Å²) < 4.78 is 31.8. The van der Waals surface area contributed by atoms with E-state index >= 15 is 0 Å². The summed E-state index contributed by atoms with van der Waals surface area (Å²) in [6.07, 6.45) is 4.31. The van der Waals surface area contributed by atoms with Gasteiger partial charge in [0.25, 0.3) is 15.9 Å². The third-order valence-corrected chi connectivity index (χ3v) is 7.70. The van der Waals surface area contributed by atoms with Crippen molar-refractivity contribution in [1.29, 1.82) is 0 Å². The molecule has 1 amide bonds. The highest BCUT2D eigenvalue weighted by Gasteiger charge is 2.22. The Morgan fingerprint density at radius 3 is 2.56 bits per heavy atom. The maximum absolute atomic E-state index is 13.2. The zero-order chi connectivity index (χ0) is 24.6. The Labute approximate surface area is 204 Å². The molecule has 0 unspecified atom stereocenters. The summed E-state index contributed by atoms with van der Waals surface area (Å²) in [5.41, 5.74) is 2.59. The summed E-state index contributed by atoms with van der Waals surface area (Å²) >= 11 is 7.23. The van der Waals surface area contributed by atoms with E-state index in [1.807, 2.05) is 0 Å². The largest absolute Gasteiger partial charge is 0.494 e. The van der Waals surface area contributed by atoms with Gasteiger partial charge < -0.3 is 4.74 Å². The van der Waals surface area contributed by atoms with E-state index < -0.39 is 15.9 Å². The number of thiazole rings is 1. The van der Waals surface area contributed by atoms with Crippen LogP contribution in [0.5, 0.6) is 5.75 Å². The number of nitrogens with one attached hydrogen (secondary N) is 1. The predicted octanol–water partition coefficient (Wildman–Crippen LogP) is 3.62. The number of hydrogen-bond donors (Lipinski definition) is 1. The number of amides is 1. The normalized spacial score (nSPS) is 11.7. The van der Waals surface area contributed by atoms with Gasteiger partial charge in [0.15, 0.2) is 10.2 Å². The zero-order valence-electron chi connectivity index (χ0n) is 18.5. The maximum atomic E-state index is 13.2. The van der Waals surface area contributed by atoms with Crippen LogP contribution in [0.4, 0.5) is 5.13 Å². The van der Waals surface area contributed by atoms with Crippen LogP contribution in [-0.4, -0.2) is 59.8 Å². The Balaban J connectivity index is 1.71. The number of fused-ring (bicyclic) bond motifs is 1. The highest BCUT2D eigenvalue weighted by molar-refractivity contribution is 7.89. The average molecular weight is 519 g/mol. The summed E-state index contributed by atoms with van der Waals surface area (Å²) in [5.74, 6) is -0.00428. The van der Waals surface area contributed by atoms with E-state index in [1.165, 1.54) is 45.9 Å². The predicted molar refractivity (Wildman–Crippen MR) is 130 cm³/mol. The fourth-order valence-electron chi connectivity index (χ4n) is 3.11. The van der Waals surface area contributed by atoms with Crippen molar-refractivity contribution < 1.29 is 17.9 Å². The molecule has 0 aliphatic rings. The number of aromatic nitrogens is 4. The molecule has 0 aliphatic heterocycles. The van der Waals surface area contributed by atoms with E-state index in [4.69, 9.17) is 16.3 Å². The van der Waals surface area contributed by atoms with Gasteiger partial charge in [-0.2, -0.15) is 0 Å². The Bertz CT molecular complexity index is 1520. The number of pyridine rings is 3. The van der Waals surface area contributed by atoms with E-state index in [0.29, 0.717) is 32.8 Å². The summed E-state index contributed by atoms with van der Waals surface area (Å²) in [4.78, 5) is 29.8. The summed E-state index contributed by atoms with van der Waals surface area (Å²) in [6.45, 7) is 1.81. The van der Waals surface area contributed by atoms with Gasteiger partial charge in [-0.15, -0.1) is 0 Å². The van der Waals surface area contributed by atoms with Crippen LogP contribution < -0.4 is 10.1 Å². The smallest absolute Gasteiger partial charge is 0.260 e. The number of sulfonamides is 1. The van der Waals surface area contributed by atoms with Crippen molar-refractivity contribution in [2.75, 3.05) is 26.5 Å². The molecular weight excluding hydrogens is 500 g/mol. The Hall–Kier alpha value is -3.19. The van der Waals surface area contributed by atoms with Crippen molar-refractivity contribution >= 4 is 54.2 Å². The molecule has 0 spiro atoms. The van der Waals surface area contributed by atoms with Crippen molar-refractivity contribution in [1.82, 2.24) is 24.2 Å². The molecule has 10 nitrogen and oxygen atoms in total. The van der Waals surface area contributed by atoms with Crippen molar-refractivity contribution in [3.05, 3.63) is 53.2 Å². The molecule has 0 aromatic carbocycles. The van der Waals surface area contributed by atoms with Gasteiger partial charge in [0.2, 0.25) is 0 Å². The topological polar surface area (TPSA) is 127 Å². The van der Waals surface area contributed by atoms with Crippen LogP contribution in [0.3, 0.4) is 0 Å². The number of methoxy groups -OCH3 is 1. The standard InChI is InChI=1S/C21H19ClN6O4S2/c1-11-5-12(13-6-18(22)24-10-16(13)32-4)14(8-23-11)20(29)27-21-26-15-9-25-19(7-17(15)33-21)34(30,31)28(2)3/h5-10H,1-4H3,(H,26,27,29). The van der Waals surface area contributed by atoms with Crippen LogP contribution in [0.15, 0.2) is 41.8 Å². The van der Waals surface area contributed by atoms with Crippen molar-refractivity contribution in [2.24, 2.45) is 0 Å². The van der Waals surface area contributed by atoms with Gasteiger partial charge in [-0.1, -0.05) is 22.9 Å². The number of hydrogen-bond acceptors (Lipinski definition) is 9. The third kappa shape index (κ3) is 4.57. The van der Waals surface area contributed by atoms with E-state index in [0.717, 1.165) is 15.6 Å². The first-order valence-electron chi connectivity index (χ1n) is 9.77. The van der Waals surface area contributed by atoms with E-state index in [9.17, 15) is 13.2 Å². The lowest BCUT2D eigenvalue weighted by Crippen LogP contribution is -2.23. The molecule has 0 saturated heterocycles. The Kier molecular flexibility index (Phi) is 6.49. The Morgan fingerprint density at radius 1 is 1.09 bits per heavy atom. The molecule has 4 aromatic rings. The third-order valence-electron chi connectivity index (χ3n) is 4.84. The van der Waals surface area contributed by atoms with E-state index in [-0.39, 0.29) is 20.9 Å². The molecule has 0 bridgehead atoms. The molecule has 0 radical (unpaired) electrons. The SMILES string of the molecule is COc1cnc(Cl)cc1-c1cc(C)ncc1C(=O)Nc1nc2cnc(S(=O)(=O)N(C)C)cc2s1. The van der Waals surface area contributed by atoms with Gasteiger partial charge in [-0.25, -0.2) is 27.7 Å². The Morgan fingerprint density at radius 2 is 1.85 bits per heavy atom. The average Bonchev–Trinajstić information content (AvgIpc) is 3.20. The van der Waals surface area contributed by atoms with Crippen LogP contribution in [0.25, 0.3) is 21.3 Å². The lowest BCUT2D eigenvalue weighted by molar-refractivity contribution is 0.102. The first-order valence-corrected chi connectivity index (χ1v) is 12.4. The minimum Gasteiger partial charge on any atom is -0.494 e. The number of ether oxygens (including phenoxy) is 1. The minimum atomic E-state index is -3.70. The van der Waals surface area contributed by atoms with Gasteiger partial charge in [0.05, 0.1) is 29.8 Å². The second-order valence-electron chi connectivity index (χ2n) is 7.33. The molecule has 1 N–H and O–H groups in total. The second-order valence-corrected chi connectivity index (χ2v) is 10.8. The number of rotatable bonds is 6. The fraction of sp³-hybridized carbons (Fsp3) is 0.190. The number of carbonyl (C=O) groups excluding carboxylic acids is 1. The van der Waals surface area contributed by atoms with Crippen LogP contribution in [0.1, 0.15) is 16.1 Å².